The minimum absolute atomic E-state index is 0.145. The van der Waals surface area contributed by atoms with Crippen molar-refractivity contribution in [3.8, 4) is 5.88 Å². The quantitative estimate of drug-likeness (QED) is 0.845. The van der Waals surface area contributed by atoms with Gasteiger partial charge in [0.15, 0.2) is 0 Å². The van der Waals surface area contributed by atoms with Crippen molar-refractivity contribution in [1.29, 1.82) is 0 Å². The number of likely N-dealkylation sites (tertiary alicyclic amines) is 1. The van der Waals surface area contributed by atoms with Crippen LogP contribution in [-0.2, 0) is 11.2 Å². The molecule has 6 heteroatoms. The molecule has 0 atom stereocenters. The summed E-state index contributed by atoms with van der Waals surface area (Å²) in [6, 6.07) is 3.91. The van der Waals surface area contributed by atoms with Crippen LogP contribution in [0.3, 0.4) is 0 Å². The molecule has 0 N–H and O–H groups in total. The molecule has 2 aromatic heterocycles. The highest BCUT2D eigenvalue weighted by Gasteiger charge is 2.24. The van der Waals surface area contributed by atoms with Crippen LogP contribution in [0.15, 0.2) is 29.2 Å². The number of hydrogen-bond donors (Lipinski definition) is 0. The molecule has 1 aliphatic heterocycles. The van der Waals surface area contributed by atoms with Gasteiger partial charge in [-0.2, -0.15) is 0 Å². The van der Waals surface area contributed by atoms with Gasteiger partial charge in [-0.05, 0) is 19.4 Å². The van der Waals surface area contributed by atoms with E-state index in [1.807, 2.05) is 34.8 Å². The lowest BCUT2D eigenvalue weighted by Crippen LogP contribution is -2.42. The smallest absolute Gasteiger partial charge is 0.222 e. The fraction of sp³-hybridized carbons (Fsp3) is 0.471. The maximum absolute atomic E-state index is 12.3. The Kier molecular flexibility index (Phi) is 5.23. The van der Waals surface area contributed by atoms with Gasteiger partial charge in [0, 0.05) is 49.5 Å². The summed E-state index contributed by atoms with van der Waals surface area (Å²) < 4.78 is 5.98. The molecule has 1 saturated heterocycles. The monoisotopic (exact) mass is 331 g/mol. The van der Waals surface area contributed by atoms with Crippen LogP contribution in [0.25, 0.3) is 0 Å². The first-order valence-electron chi connectivity index (χ1n) is 7.95. The largest absolute Gasteiger partial charge is 0.474 e. The van der Waals surface area contributed by atoms with E-state index in [1.165, 1.54) is 0 Å². The van der Waals surface area contributed by atoms with E-state index in [0.717, 1.165) is 43.6 Å². The number of piperidine rings is 1. The third-order valence-corrected chi connectivity index (χ3v) is 4.75. The number of pyridine rings is 1. The zero-order chi connectivity index (χ0) is 16.1. The molecular formula is C17H21N3O2S. The maximum atomic E-state index is 12.3. The standard InChI is InChI=1S/C17H21N3O2S/c1-13-3-2-8-18-17(13)22-15-6-9-20(10-7-15)16(21)5-4-14-11-23-12-19-14/h2-3,8,11-12,15H,4-7,9-10H2,1H3. The van der Waals surface area contributed by atoms with Crippen molar-refractivity contribution in [2.75, 3.05) is 13.1 Å². The van der Waals surface area contributed by atoms with Gasteiger partial charge in [-0.1, -0.05) is 6.07 Å². The predicted molar refractivity (Wildman–Crippen MR) is 89.6 cm³/mol. The van der Waals surface area contributed by atoms with E-state index in [-0.39, 0.29) is 12.0 Å². The molecule has 122 valence electrons. The van der Waals surface area contributed by atoms with Gasteiger partial charge < -0.3 is 9.64 Å². The average molecular weight is 331 g/mol. The molecule has 0 bridgehead atoms. The summed E-state index contributed by atoms with van der Waals surface area (Å²) >= 11 is 1.57. The Bertz CT molecular complexity index is 637. The molecule has 0 saturated carbocycles. The molecular weight excluding hydrogens is 310 g/mol. The number of carbonyl (C=O) groups excluding carboxylic acids is 1. The van der Waals surface area contributed by atoms with Crippen LogP contribution in [0.1, 0.15) is 30.5 Å². The summed E-state index contributed by atoms with van der Waals surface area (Å²) in [5.41, 5.74) is 3.86. The SMILES string of the molecule is Cc1cccnc1OC1CCN(C(=O)CCc2cscn2)CC1. The number of rotatable bonds is 5. The maximum Gasteiger partial charge on any atom is 0.222 e. The Hall–Kier alpha value is -1.95. The number of ether oxygens (including phenoxy) is 1. The lowest BCUT2D eigenvalue weighted by molar-refractivity contribution is -0.133. The number of hydrogen-bond acceptors (Lipinski definition) is 5. The lowest BCUT2D eigenvalue weighted by Gasteiger charge is -2.32. The van der Waals surface area contributed by atoms with Gasteiger partial charge in [0.05, 0.1) is 11.2 Å². The van der Waals surface area contributed by atoms with Gasteiger partial charge in [0.25, 0.3) is 0 Å². The Morgan fingerprint density at radius 1 is 1.39 bits per heavy atom. The third-order valence-electron chi connectivity index (χ3n) is 4.11. The fourth-order valence-corrected chi connectivity index (χ4v) is 3.32. The number of amides is 1. The number of aromatic nitrogens is 2. The Morgan fingerprint density at radius 3 is 2.91 bits per heavy atom. The summed E-state index contributed by atoms with van der Waals surface area (Å²) in [6.45, 7) is 3.51. The van der Waals surface area contributed by atoms with Crippen LogP contribution in [-0.4, -0.2) is 40.0 Å². The van der Waals surface area contributed by atoms with E-state index < -0.39 is 0 Å². The summed E-state index contributed by atoms with van der Waals surface area (Å²) in [5, 5.41) is 2.00. The molecule has 0 unspecified atom stereocenters. The average Bonchev–Trinajstić information content (AvgIpc) is 3.09. The topological polar surface area (TPSA) is 55.3 Å². The Morgan fingerprint density at radius 2 is 2.22 bits per heavy atom. The van der Waals surface area contributed by atoms with Crippen LogP contribution < -0.4 is 4.74 Å². The van der Waals surface area contributed by atoms with E-state index >= 15 is 0 Å². The Labute approximate surface area is 140 Å². The molecule has 23 heavy (non-hydrogen) atoms. The highest BCUT2D eigenvalue weighted by Crippen LogP contribution is 2.20. The number of aryl methyl sites for hydroxylation is 2. The fourth-order valence-electron chi connectivity index (χ4n) is 2.73. The van der Waals surface area contributed by atoms with Crippen molar-refractivity contribution in [2.24, 2.45) is 0 Å². The predicted octanol–water partition coefficient (Wildman–Crippen LogP) is 2.85. The molecule has 2 aromatic rings. The molecule has 3 rings (SSSR count). The summed E-state index contributed by atoms with van der Waals surface area (Å²) in [5.74, 6) is 0.922. The molecule has 1 fully saturated rings. The summed E-state index contributed by atoms with van der Waals surface area (Å²) in [4.78, 5) is 22.7. The van der Waals surface area contributed by atoms with Crippen molar-refractivity contribution < 1.29 is 9.53 Å². The first kappa shape index (κ1) is 15.9. The molecule has 1 aliphatic rings. The van der Waals surface area contributed by atoms with Gasteiger partial charge in [-0.25, -0.2) is 9.97 Å². The highest BCUT2D eigenvalue weighted by atomic mass is 32.1. The highest BCUT2D eigenvalue weighted by molar-refractivity contribution is 7.07. The lowest BCUT2D eigenvalue weighted by atomic mass is 10.1. The van der Waals surface area contributed by atoms with Gasteiger partial charge in [0.2, 0.25) is 11.8 Å². The van der Waals surface area contributed by atoms with Crippen molar-refractivity contribution in [1.82, 2.24) is 14.9 Å². The third kappa shape index (κ3) is 4.28. The van der Waals surface area contributed by atoms with Gasteiger partial charge in [0.1, 0.15) is 6.10 Å². The van der Waals surface area contributed by atoms with Crippen molar-refractivity contribution in [3.05, 3.63) is 40.5 Å². The normalized spacial score (nSPS) is 15.6. The first-order chi connectivity index (χ1) is 11.2. The second kappa shape index (κ2) is 7.55. The second-order valence-electron chi connectivity index (χ2n) is 5.80. The van der Waals surface area contributed by atoms with E-state index in [9.17, 15) is 4.79 Å². The molecule has 1 amide bonds. The van der Waals surface area contributed by atoms with Crippen LogP contribution in [0.4, 0.5) is 0 Å². The van der Waals surface area contributed by atoms with Crippen LogP contribution in [0.2, 0.25) is 0 Å². The molecule has 3 heterocycles. The molecule has 0 radical (unpaired) electrons. The molecule has 0 aromatic carbocycles. The molecule has 5 nitrogen and oxygen atoms in total. The zero-order valence-electron chi connectivity index (χ0n) is 13.3. The van der Waals surface area contributed by atoms with Crippen LogP contribution in [0.5, 0.6) is 5.88 Å². The van der Waals surface area contributed by atoms with Crippen LogP contribution in [0, 0.1) is 6.92 Å². The van der Waals surface area contributed by atoms with E-state index in [1.54, 1.807) is 17.5 Å². The summed E-state index contributed by atoms with van der Waals surface area (Å²) in [7, 11) is 0. The van der Waals surface area contributed by atoms with Gasteiger partial charge in [-0.15, -0.1) is 11.3 Å². The summed E-state index contributed by atoms with van der Waals surface area (Å²) in [6.07, 6.45) is 4.88. The van der Waals surface area contributed by atoms with Crippen LogP contribution >= 0.6 is 11.3 Å². The minimum atomic E-state index is 0.145. The first-order valence-corrected chi connectivity index (χ1v) is 8.90. The Balaban J connectivity index is 1.44. The van der Waals surface area contributed by atoms with E-state index in [4.69, 9.17) is 4.74 Å². The minimum Gasteiger partial charge on any atom is -0.474 e. The van der Waals surface area contributed by atoms with E-state index in [0.29, 0.717) is 12.3 Å². The molecule has 0 aliphatic carbocycles. The molecule has 0 spiro atoms. The number of nitrogens with zero attached hydrogens (tertiary/aromatic N) is 3. The van der Waals surface area contributed by atoms with E-state index in [2.05, 4.69) is 9.97 Å². The van der Waals surface area contributed by atoms with Crippen molar-refractivity contribution in [2.45, 2.75) is 38.7 Å². The van der Waals surface area contributed by atoms with Crippen molar-refractivity contribution in [3.63, 3.8) is 0 Å². The van der Waals surface area contributed by atoms with Crippen molar-refractivity contribution >= 4 is 17.2 Å². The number of carbonyl (C=O) groups is 1. The number of thiazole rings is 1. The zero-order valence-corrected chi connectivity index (χ0v) is 14.1. The van der Waals surface area contributed by atoms with Gasteiger partial charge in [-0.3, -0.25) is 4.79 Å². The van der Waals surface area contributed by atoms with Gasteiger partial charge >= 0.3 is 0 Å². The second-order valence-corrected chi connectivity index (χ2v) is 6.52.